The van der Waals surface area contributed by atoms with Gasteiger partial charge in [0.2, 0.25) is 0 Å². The number of Topliss-reactive ketones (excluding diaryl/α,β-unsaturated/α-hetero) is 1. The van der Waals surface area contributed by atoms with Gasteiger partial charge in [0.1, 0.15) is 6.10 Å². The van der Waals surface area contributed by atoms with Gasteiger partial charge in [-0.05, 0) is 19.8 Å². The first-order chi connectivity index (χ1) is 9.47. The van der Waals surface area contributed by atoms with Crippen molar-refractivity contribution in [3.8, 4) is 0 Å². The van der Waals surface area contributed by atoms with E-state index < -0.39 is 12.1 Å². The predicted octanol–water partition coefficient (Wildman–Crippen LogP) is 0.949. The Labute approximate surface area is 118 Å². The monoisotopic (exact) mass is 290 g/mol. The van der Waals surface area contributed by atoms with Crippen LogP contribution < -0.4 is 0 Å². The smallest absolute Gasteiger partial charge is 0.335 e. The molecule has 0 radical (unpaired) electrons. The Kier molecular flexibility index (Phi) is 7.08. The van der Waals surface area contributed by atoms with E-state index in [0.29, 0.717) is 13.0 Å². The third-order valence-electron chi connectivity index (χ3n) is 2.89. The fourth-order valence-corrected chi connectivity index (χ4v) is 1.68. The fraction of sp³-hybridized carbons (Fsp3) is 0.846. The van der Waals surface area contributed by atoms with Gasteiger partial charge in [-0.1, -0.05) is 13.8 Å². The second kappa shape index (κ2) is 8.31. The van der Waals surface area contributed by atoms with E-state index in [9.17, 15) is 9.59 Å². The number of carbonyl (C=O) groups is 2. The zero-order chi connectivity index (χ0) is 15.1. The number of carboxylic acid groups (broad SMARTS) is 1. The fourth-order valence-electron chi connectivity index (χ4n) is 1.68. The molecule has 1 N–H and O–H groups in total. The van der Waals surface area contributed by atoms with Crippen molar-refractivity contribution in [1.29, 1.82) is 0 Å². The highest BCUT2D eigenvalue weighted by Gasteiger charge is 2.30. The molecule has 0 aromatic rings. The molecule has 2 rings (SSSR count). The summed E-state index contributed by atoms with van der Waals surface area (Å²) in [5.41, 5.74) is 0. The van der Waals surface area contributed by atoms with E-state index in [-0.39, 0.29) is 31.1 Å². The second-order valence-corrected chi connectivity index (χ2v) is 4.54. The van der Waals surface area contributed by atoms with E-state index >= 15 is 0 Å². The molecule has 2 fully saturated rings. The van der Waals surface area contributed by atoms with Crippen LogP contribution in [0.1, 0.15) is 33.6 Å². The summed E-state index contributed by atoms with van der Waals surface area (Å²) in [6.45, 7) is 5.97. The van der Waals surface area contributed by atoms with Crippen LogP contribution in [0.5, 0.6) is 0 Å². The zero-order valence-electron chi connectivity index (χ0n) is 12.0. The molecule has 0 saturated carbocycles. The summed E-state index contributed by atoms with van der Waals surface area (Å²) in [5, 5.41) is 8.42. The zero-order valence-corrected chi connectivity index (χ0v) is 12.0. The minimum Gasteiger partial charge on any atom is -0.479 e. The van der Waals surface area contributed by atoms with Crippen molar-refractivity contribution >= 4 is 11.8 Å². The third kappa shape index (κ3) is 5.16. The molecule has 2 heterocycles. The normalized spacial score (nSPS) is 32.5. The molecule has 0 spiro atoms. The molecule has 0 bridgehead atoms. The van der Waals surface area contributed by atoms with E-state index in [2.05, 4.69) is 0 Å². The summed E-state index contributed by atoms with van der Waals surface area (Å²) in [6, 6.07) is 0. The van der Waals surface area contributed by atoms with E-state index in [4.69, 9.17) is 24.1 Å². The molecule has 2 aliphatic heterocycles. The number of rotatable bonds is 4. The number of carbonyl (C=O) groups excluding carboxylic acids is 1. The maximum atomic E-state index is 10.7. The topological polar surface area (TPSA) is 91.3 Å². The molecule has 2 aliphatic rings. The van der Waals surface area contributed by atoms with Gasteiger partial charge < -0.3 is 24.1 Å². The Hall–Kier alpha value is -1.02. The largest absolute Gasteiger partial charge is 0.479 e. The van der Waals surface area contributed by atoms with Gasteiger partial charge in [-0.2, -0.15) is 0 Å². The van der Waals surface area contributed by atoms with Crippen LogP contribution in [0.2, 0.25) is 0 Å². The van der Waals surface area contributed by atoms with Gasteiger partial charge in [-0.15, -0.1) is 0 Å². The Balaban J connectivity index is 0.000000200. The van der Waals surface area contributed by atoms with Crippen molar-refractivity contribution in [1.82, 2.24) is 0 Å². The highest BCUT2D eigenvalue weighted by molar-refractivity contribution is 5.80. The minimum atomic E-state index is -0.948. The van der Waals surface area contributed by atoms with E-state index in [0.717, 1.165) is 6.42 Å². The van der Waals surface area contributed by atoms with Crippen LogP contribution in [0.15, 0.2) is 0 Å². The van der Waals surface area contributed by atoms with Crippen molar-refractivity contribution in [3.05, 3.63) is 0 Å². The van der Waals surface area contributed by atoms with Crippen LogP contribution in [-0.4, -0.2) is 54.9 Å². The van der Waals surface area contributed by atoms with Crippen molar-refractivity contribution in [3.63, 3.8) is 0 Å². The van der Waals surface area contributed by atoms with Crippen molar-refractivity contribution in [2.24, 2.45) is 0 Å². The lowest BCUT2D eigenvalue weighted by molar-refractivity contribution is -0.150. The van der Waals surface area contributed by atoms with Crippen LogP contribution in [0.3, 0.4) is 0 Å². The molecule has 2 unspecified atom stereocenters. The van der Waals surface area contributed by atoms with E-state index in [1.165, 1.54) is 6.92 Å². The maximum Gasteiger partial charge on any atom is 0.335 e. The molecule has 2 saturated heterocycles. The molecular formula is C13H22O7. The van der Waals surface area contributed by atoms with Crippen molar-refractivity contribution in [2.75, 3.05) is 13.2 Å². The van der Waals surface area contributed by atoms with Gasteiger partial charge in [-0.3, -0.25) is 4.79 Å². The summed E-state index contributed by atoms with van der Waals surface area (Å²) in [7, 11) is 0. The van der Waals surface area contributed by atoms with Gasteiger partial charge in [0.15, 0.2) is 24.5 Å². The molecule has 0 aromatic heterocycles. The number of aliphatic carboxylic acids is 1. The highest BCUT2D eigenvalue weighted by Crippen LogP contribution is 2.14. The quantitative estimate of drug-likeness (QED) is 0.824. The first-order valence-electron chi connectivity index (χ1n) is 6.75. The van der Waals surface area contributed by atoms with E-state index in [1.54, 1.807) is 0 Å². The minimum absolute atomic E-state index is 0.0518. The highest BCUT2D eigenvalue weighted by atomic mass is 16.7. The molecule has 20 heavy (non-hydrogen) atoms. The Bertz CT molecular complexity index is 299. The van der Waals surface area contributed by atoms with E-state index in [1.807, 2.05) is 13.8 Å². The number of hydrogen-bond acceptors (Lipinski definition) is 6. The van der Waals surface area contributed by atoms with Crippen LogP contribution in [0.4, 0.5) is 0 Å². The lowest BCUT2D eigenvalue weighted by Crippen LogP contribution is -2.22. The van der Waals surface area contributed by atoms with Gasteiger partial charge in [0.05, 0.1) is 13.2 Å². The second-order valence-electron chi connectivity index (χ2n) is 4.54. The molecule has 7 heteroatoms. The Morgan fingerprint density at radius 2 is 1.45 bits per heavy atom. The molecule has 0 aromatic carbocycles. The molecule has 116 valence electrons. The van der Waals surface area contributed by atoms with Crippen molar-refractivity contribution < 1.29 is 33.6 Å². The number of ketones is 1. The van der Waals surface area contributed by atoms with Crippen LogP contribution in [0.25, 0.3) is 0 Å². The van der Waals surface area contributed by atoms with Gasteiger partial charge in [0.25, 0.3) is 0 Å². The lowest BCUT2D eigenvalue weighted by Gasteiger charge is -2.05. The number of hydrogen-bond donors (Lipinski definition) is 1. The lowest BCUT2D eigenvalue weighted by atomic mass is 10.3. The molecule has 0 aliphatic carbocycles. The first kappa shape index (κ1) is 17.0. The maximum absolute atomic E-state index is 10.7. The average molecular weight is 290 g/mol. The summed E-state index contributed by atoms with van der Waals surface area (Å²) in [5.74, 6) is -0.896. The molecule has 4 atom stereocenters. The predicted molar refractivity (Wildman–Crippen MR) is 68.1 cm³/mol. The Morgan fingerprint density at radius 1 is 1.00 bits per heavy atom. The number of ether oxygens (including phenoxy) is 4. The summed E-state index contributed by atoms with van der Waals surface area (Å²) >= 11 is 0. The van der Waals surface area contributed by atoms with Crippen molar-refractivity contribution in [2.45, 2.75) is 58.4 Å². The standard InChI is InChI=1S/C7H12O3.C6H10O4/c1-3-7-9-4-6(10-7)5(2)8;1-2-5-9-3-4(10-5)6(7)8/h6-7H,3-4H2,1-2H3;4-5H,2-3H2,1H3,(H,7,8)/t6?,7-;4?,5-/m11/s1. The third-order valence-corrected chi connectivity index (χ3v) is 2.89. The van der Waals surface area contributed by atoms with Gasteiger partial charge >= 0.3 is 5.97 Å². The summed E-state index contributed by atoms with van der Waals surface area (Å²) < 4.78 is 20.3. The average Bonchev–Trinajstić information content (AvgIpc) is 3.08. The van der Waals surface area contributed by atoms with Crippen LogP contribution >= 0.6 is 0 Å². The van der Waals surface area contributed by atoms with Crippen LogP contribution in [-0.2, 0) is 28.5 Å². The Morgan fingerprint density at radius 3 is 1.70 bits per heavy atom. The molecular weight excluding hydrogens is 268 g/mol. The SMILES string of the molecule is CC[C@@H]1OCC(C(=O)O)O1.CC[C@@H]1OCC(C(C)=O)O1. The van der Waals surface area contributed by atoms with Gasteiger partial charge in [-0.25, -0.2) is 4.79 Å². The summed E-state index contributed by atoms with van der Waals surface area (Å²) in [6.07, 6.45) is -0.0435. The van der Waals surface area contributed by atoms with Crippen LogP contribution in [0, 0.1) is 0 Å². The molecule has 0 amide bonds. The number of carboxylic acids is 1. The van der Waals surface area contributed by atoms with Gasteiger partial charge in [0, 0.05) is 0 Å². The summed E-state index contributed by atoms with van der Waals surface area (Å²) in [4.78, 5) is 21.0. The first-order valence-corrected chi connectivity index (χ1v) is 6.75. The molecule has 7 nitrogen and oxygen atoms in total.